The summed E-state index contributed by atoms with van der Waals surface area (Å²) in [5.74, 6) is 0. The van der Waals surface area contributed by atoms with Crippen LogP contribution in [0.4, 0.5) is 4.79 Å². The number of amides is 2. The Bertz CT molecular complexity index is 699. The van der Waals surface area contributed by atoms with E-state index in [9.17, 15) is 4.79 Å². The fourth-order valence-electron chi connectivity index (χ4n) is 3.05. The maximum Gasteiger partial charge on any atom is 0.317 e. The first-order chi connectivity index (χ1) is 12.1. The summed E-state index contributed by atoms with van der Waals surface area (Å²) in [6, 6.07) is 10.4. The van der Waals surface area contributed by atoms with Gasteiger partial charge < -0.3 is 15.0 Å². The van der Waals surface area contributed by atoms with Crippen molar-refractivity contribution >= 4 is 6.03 Å². The number of urea groups is 1. The second kappa shape index (κ2) is 8.16. The average molecular weight is 342 g/mol. The highest BCUT2D eigenvalue weighted by atomic mass is 16.5. The van der Waals surface area contributed by atoms with E-state index < -0.39 is 0 Å². The van der Waals surface area contributed by atoms with Crippen molar-refractivity contribution < 1.29 is 9.53 Å². The molecule has 0 unspecified atom stereocenters. The minimum absolute atomic E-state index is 0.0312. The number of nitrogens with zero attached hydrogens (tertiary/aromatic N) is 3. The van der Waals surface area contributed by atoms with E-state index in [0.717, 1.165) is 24.1 Å². The van der Waals surface area contributed by atoms with E-state index in [1.807, 2.05) is 29.6 Å². The summed E-state index contributed by atoms with van der Waals surface area (Å²) in [7, 11) is 1.90. The summed E-state index contributed by atoms with van der Waals surface area (Å²) >= 11 is 0. The molecular formula is C19H26N4O2. The third-order valence-electron chi connectivity index (χ3n) is 4.79. The molecule has 25 heavy (non-hydrogen) atoms. The molecular weight excluding hydrogens is 316 g/mol. The van der Waals surface area contributed by atoms with Gasteiger partial charge in [0.25, 0.3) is 0 Å². The number of ether oxygens (including phenoxy) is 1. The highest BCUT2D eigenvalue weighted by Crippen LogP contribution is 2.13. The number of hydrogen-bond donors (Lipinski definition) is 1. The first kappa shape index (κ1) is 17.5. The summed E-state index contributed by atoms with van der Waals surface area (Å²) in [6.07, 6.45) is 3.79. The zero-order valence-electron chi connectivity index (χ0n) is 14.9. The number of aromatic nitrogens is 2. The van der Waals surface area contributed by atoms with Gasteiger partial charge in [0, 0.05) is 37.9 Å². The lowest BCUT2D eigenvalue weighted by Gasteiger charge is -2.33. The third kappa shape index (κ3) is 4.60. The van der Waals surface area contributed by atoms with Crippen molar-refractivity contribution in [2.75, 3.05) is 19.7 Å². The quantitative estimate of drug-likeness (QED) is 0.907. The molecule has 2 amide bonds. The molecule has 1 atom stereocenters. The van der Waals surface area contributed by atoms with Crippen molar-refractivity contribution in [2.45, 2.75) is 32.4 Å². The monoisotopic (exact) mass is 342 g/mol. The maximum atomic E-state index is 12.4. The maximum absolute atomic E-state index is 12.4. The zero-order valence-corrected chi connectivity index (χ0v) is 14.9. The number of carbonyl (C=O) groups is 1. The first-order valence-corrected chi connectivity index (χ1v) is 8.79. The van der Waals surface area contributed by atoms with Crippen LogP contribution < -0.4 is 5.32 Å². The Morgan fingerprint density at radius 2 is 2.16 bits per heavy atom. The Morgan fingerprint density at radius 3 is 2.88 bits per heavy atom. The molecule has 0 radical (unpaired) electrons. The zero-order chi connectivity index (χ0) is 17.6. The smallest absolute Gasteiger partial charge is 0.317 e. The van der Waals surface area contributed by atoms with Gasteiger partial charge in [-0.05, 0) is 25.3 Å². The van der Waals surface area contributed by atoms with Gasteiger partial charge in [0.1, 0.15) is 0 Å². The topological polar surface area (TPSA) is 59.4 Å². The van der Waals surface area contributed by atoms with Crippen LogP contribution in [0.3, 0.4) is 0 Å². The van der Waals surface area contributed by atoms with Crippen LogP contribution in [-0.2, 0) is 24.8 Å². The van der Waals surface area contributed by atoms with Gasteiger partial charge >= 0.3 is 6.03 Å². The van der Waals surface area contributed by atoms with Gasteiger partial charge in [-0.15, -0.1) is 0 Å². The predicted molar refractivity (Wildman–Crippen MR) is 96.3 cm³/mol. The molecule has 1 aromatic carbocycles. The van der Waals surface area contributed by atoms with Crippen molar-refractivity contribution in [2.24, 2.45) is 7.05 Å². The van der Waals surface area contributed by atoms with Gasteiger partial charge in [0.15, 0.2) is 0 Å². The van der Waals surface area contributed by atoms with E-state index in [1.54, 1.807) is 6.20 Å². The van der Waals surface area contributed by atoms with Crippen LogP contribution in [0.15, 0.2) is 36.5 Å². The molecule has 1 aliphatic rings. The molecule has 2 heterocycles. The van der Waals surface area contributed by atoms with Crippen LogP contribution in [0.25, 0.3) is 0 Å². The lowest BCUT2D eigenvalue weighted by atomic mass is 10.1. The van der Waals surface area contributed by atoms with E-state index >= 15 is 0 Å². The summed E-state index contributed by atoms with van der Waals surface area (Å²) < 4.78 is 7.65. The Kier molecular flexibility index (Phi) is 5.71. The van der Waals surface area contributed by atoms with Gasteiger partial charge in [0.2, 0.25) is 0 Å². The van der Waals surface area contributed by atoms with E-state index in [0.29, 0.717) is 26.2 Å². The van der Waals surface area contributed by atoms with E-state index in [2.05, 4.69) is 34.7 Å². The molecule has 3 rings (SSSR count). The van der Waals surface area contributed by atoms with Crippen molar-refractivity contribution in [1.82, 2.24) is 20.0 Å². The lowest BCUT2D eigenvalue weighted by Crippen LogP contribution is -2.49. The molecule has 0 saturated carbocycles. The number of hydrogen-bond acceptors (Lipinski definition) is 3. The standard InChI is InChI=1S/C19H26N4O2/c1-15-17(13-21-22(15)2)12-20-19(24)23-10-11-25-18(14-23)9-8-16-6-4-3-5-7-16/h3-7,13,18H,8-12,14H2,1-2H3,(H,20,24)/t18-/m1/s1. The Morgan fingerprint density at radius 1 is 1.36 bits per heavy atom. The number of benzene rings is 1. The number of rotatable bonds is 5. The molecule has 6 heteroatoms. The molecule has 134 valence electrons. The highest BCUT2D eigenvalue weighted by molar-refractivity contribution is 5.74. The van der Waals surface area contributed by atoms with Crippen molar-refractivity contribution in [3.63, 3.8) is 0 Å². The highest BCUT2D eigenvalue weighted by Gasteiger charge is 2.24. The molecule has 0 aliphatic carbocycles. The summed E-state index contributed by atoms with van der Waals surface area (Å²) in [6.45, 7) is 4.39. The van der Waals surface area contributed by atoms with E-state index in [4.69, 9.17) is 4.74 Å². The average Bonchev–Trinajstić information content (AvgIpc) is 2.97. The molecule has 1 aromatic heterocycles. The Labute approximate surface area is 148 Å². The van der Waals surface area contributed by atoms with Crippen LogP contribution in [0.1, 0.15) is 23.2 Å². The number of carbonyl (C=O) groups excluding carboxylic acids is 1. The summed E-state index contributed by atoms with van der Waals surface area (Å²) in [5, 5.41) is 7.20. The van der Waals surface area contributed by atoms with Crippen LogP contribution in [0, 0.1) is 6.92 Å². The molecule has 1 saturated heterocycles. The van der Waals surface area contributed by atoms with Crippen LogP contribution >= 0.6 is 0 Å². The molecule has 1 aliphatic heterocycles. The van der Waals surface area contributed by atoms with Crippen molar-refractivity contribution in [1.29, 1.82) is 0 Å². The van der Waals surface area contributed by atoms with Gasteiger partial charge in [-0.1, -0.05) is 30.3 Å². The normalized spacial score (nSPS) is 17.5. The van der Waals surface area contributed by atoms with Crippen LogP contribution in [-0.4, -0.2) is 46.5 Å². The number of nitrogens with one attached hydrogen (secondary N) is 1. The molecule has 1 fully saturated rings. The number of aryl methyl sites for hydroxylation is 2. The van der Waals surface area contributed by atoms with Gasteiger partial charge in [-0.2, -0.15) is 5.10 Å². The minimum Gasteiger partial charge on any atom is -0.375 e. The fraction of sp³-hybridized carbons (Fsp3) is 0.474. The van der Waals surface area contributed by atoms with Crippen LogP contribution in [0.2, 0.25) is 0 Å². The predicted octanol–water partition coefficient (Wildman–Crippen LogP) is 2.27. The second-order valence-corrected chi connectivity index (χ2v) is 6.50. The van der Waals surface area contributed by atoms with Crippen LogP contribution in [0.5, 0.6) is 0 Å². The minimum atomic E-state index is -0.0312. The SMILES string of the molecule is Cc1c(CNC(=O)N2CCO[C@H](CCc3ccccc3)C2)cnn1C. The van der Waals surface area contributed by atoms with E-state index in [1.165, 1.54) is 5.56 Å². The van der Waals surface area contributed by atoms with Crippen molar-refractivity contribution in [3.05, 3.63) is 53.3 Å². The molecule has 2 aromatic rings. The molecule has 0 spiro atoms. The Balaban J connectivity index is 1.47. The third-order valence-corrected chi connectivity index (χ3v) is 4.79. The summed E-state index contributed by atoms with van der Waals surface area (Å²) in [4.78, 5) is 14.3. The van der Waals surface area contributed by atoms with Gasteiger partial charge in [-0.3, -0.25) is 4.68 Å². The number of morpholine rings is 1. The molecule has 0 bridgehead atoms. The van der Waals surface area contributed by atoms with Crippen molar-refractivity contribution in [3.8, 4) is 0 Å². The lowest BCUT2D eigenvalue weighted by molar-refractivity contribution is -0.0176. The summed E-state index contributed by atoms with van der Waals surface area (Å²) in [5.41, 5.74) is 3.42. The van der Waals surface area contributed by atoms with Gasteiger partial charge in [-0.25, -0.2) is 4.79 Å². The second-order valence-electron chi connectivity index (χ2n) is 6.50. The Hall–Kier alpha value is -2.34. The van der Waals surface area contributed by atoms with E-state index in [-0.39, 0.29) is 12.1 Å². The fourth-order valence-corrected chi connectivity index (χ4v) is 3.05. The first-order valence-electron chi connectivity index (χ1n) is 8.79. The largest absolute Gasteiger partial charge is 0.375 e. The van der Waals surface area contributed by atoms with Gasteiger partial charge in [0.05, 0.1) is 18.9 Å². The molecule has 6 nitrogen and oxygen atoms in total. The molecule has 1 N–H and O–H groups in total.